The standard InChI is InChI=1S/C12H16ClN3S/c1-9-4-6-10(7-5-9)11(3-2-8-13)15-16-12(14)17/h4-7H,2-3,8H2,1H3,(H3,14,16,17). The highest BCUT2D eigenvalue weighted by molar-refractivity contribution is 7.80. The van der Waals surface area contributed by atoms with Gasteiger partial charge in [0.2, 0.25) is 0 Å². The Labute approximate surface area is 112 Å². The number of nitrogens with one attached hydrogen (secondary N) is 1. The van der Waals surface area contributed by atoms with Gasteiger partial charge < -0.3 is 5.73 Å². The average molecular weight is 270 g/mol. The highest BCUT2D eigenvalue weighted by atomic mass is 35.5. The molecule has 0 aliphatic rings. The van der Waals surface area contributed by atoms with Crippen LogP contribution in [0.4, 0.5) is 0 Å². The quantitative estimate of drug-likeness (QED) is 0.374. The summed E-state index contributed by atoms with van der Waals surface area (Å²) in [6.07, 6.45) is 1.66. The van der Waals surface area contributed by atoms with E-state index in [2.05, 4.69) is 10.5 Å². The summed E-state index contributed by atoms with van der Waals surface area (Å²) in [5.74, 6) is 0.609. The lowest BCUT2D eigenvalue weighted by Crippen LogP contribution is -2.25. The van der Waals surface area contributed by atoms with Crippen LogP contribution >= 0.6 is 23.8 Å². The Balaban J connectivity index is 2.84. The summed E-state index contributed by atoms with van der Waals surface area (Å²) in [7, 11) is 0. The third kappa shape index (κ3) is 5.15. The summed E-state index contributed by atoms with van der Waals surface area (Å²) < 4.78 is 0. The van der Waals surface area contributed by atoms with Crippen molar-refractivity contribution in [1.29, 1.82) is 0 Å². The van der Waals surface area contributed by atoms with Gasteiger partial charge in [0.05, 0.1) is 5.71 Å². The fourth-order valence-electron chi connectivity index (χ4n) is 1.37. The van der Waals surface area contributed by atoms with Crippen molar-refractivity contribution >= 4 is 34.6 Å². The van der Waals surface area contributed by atoms with E-state index in [-0.39, 0.29) is 5.11 Å². The number of hydrogen-bond acceptors (Lipinski definition) is 2. The highest BCUT2D eigenvalue weighted by Gasteiger charge is 2.03. The fraction of sp³-hybridized carbons (Fsp3) is 0.333. The monoisotopic (exact) mass is 269 g/mol. The molecule has 0 unspecified atom stereocenters. The molecule has 0 radical (unpaired) electrons. The predicted molar refractivity (Wildman–Crippen MR) is 77.6 cm³/mol. The first kappa shape index (κ1) is 13.9. The van der Waals surface area contributed by atoms with E-state index in [4.69, 9.17) is 29.6 Å². The minimum Gasteiger partial charge on any atom is -0.375 e. The van der Waals surface area contributed by atoms with Crippen molar-refractivity contribution in [1.82, 2.24) is 5.43 Å². The number of alkyl halides is 1. The molecule has 92 valence electrons. The Morgan fingerprint density at radius 3 is 2.59 bits per heavy atom. The lowest BCUT2D eigenvalue weighted by molar-refractivity contribution is 0.956. The highest BCUT2D eigenvalue weighted by Crippen LogP contribution is 2.09. The van der Waals surface area contributed by atoms with Crippen LogP contribution in [-0.2, 0) is 0 Å². The lowest BCUT2D eigenvalue weighted by Gasteiger charge is -2.07. The maximum atomic E-state index is 5.70. The number of halogens is 1. The van der Waals surface area contributed by atoms with Gasteiger partial charge in [-0.05, 0) is 37.5 Å². The first-order valence-electron chi connectivity index (χ1n) is 5.38. The van der Waals surface area contributed by atoms with Crippen molar-refractivity contribution in [2.75, 3.05) is 5.88 Å². The third-order valence-electron chi connectivity index (χ3n) is 2.23. The van der Waals surface area contributed by atoms with Gasteiger partial charge in [0, 0.05) is 5.88 Å². The zero-order chi connectivity index (χ0) is 12.7. The van der Waals surface area contributed by atoms with E-state index in [0.29, 0.717) is 5.88 Å². The molecule has 0 bridgehead atoms. The van der Waals surface area contributed by atoms with Gasteiger partial charge in [-0.25, -0.2) is 0 Å². The van der Waals surface area contributed by atoms with Crippen molar-refractivity contribution in [2.24, 2.45) is 10.8 Å². The normalized spacial score (nSPS) is 11.3. The molecule has 0 aliphatic heterocycles. The number of hydrazone groups is 1. The Morgan fingerprint density at radius 2 is 2.06 bits per heavy atom. The predicted octanol–water partition coefficient (Wildman–Crippen LogP) is 2.55. The van der Waals surface area contributed by atoms with Crippen molar-refractivity contribution in [2.45, 2.75) is 19.8 Å². The molecule has 1 rings (SSSR count). The topological polar surface area (TPSA) is 50.4 Å². The van der Waals surface area contributed by atoms with Gasteiger partial charge in [0.25, 0.3) is 0 Å². The summed E-state index contributed by atoms with van der Waals surface area (Å²) in [6, 6.07) is 8.16. The largest absolute Gasteiger partial charge is 0.375 e. The number of thiocarbonyl (C=S) groups is 1. The summed E-state index contributed by atoms with van der Waals surface area (Å²) in [5.41, 5.74) is 11.2. The smallest absolute Gasteiger partial charge is 0.184 e. The minimum absolute atomic E-state index is 0.167. The van der Waals surface area contributed by atoms with E-state index in [1.165, 1.54) is 5.56 Å². The van der Waals surface area contributed by atoms with Gasteiger partial charge in [0.15, 0.2) is 5.11 Å². The molecule has 0 spiro atoms. The molecule has 0 amide bonds. The second-order valence-electron chi connectivity index (χ2n) is 3.69. The van der Waals surface area contributed by atoms with Crippen LogP contribution in [0.1, 0.15) is 24.0 Å². The molecule has 3 N–H and O–H groups in total. The number of benzene rings is 1. The molecule has 0 atom stereocenters. The Morgan fingerprint density at radius 1 is 1.41 bits per heavy atom. The molecule has 0 saturated heterocycles. The van der Waals surface area contributed by atoms with Crippen molar-refractivity contribution in [3.63, 3.8) is 0 Å². The Kier molecular flexibility index (Phi) is 5.94. The third-order valence-corrected chi connectivity index (χ3v) is 2.59. The van der Waals surface area contributed by atoms with Crippen molar-refractivity contribution in [3.8, 4) is 0 Å². The first-order chi connectivity index (χ1) is 8.13. The van der Waals surface area contributed by atoms with Crippen LogP contribution in [0, 0.1) is 6.92 Å². The maximum absolute atomic E-state index is 5.70. The molecular formula is C12H16ClN3S. The van der Waals surface area contributed by atoms with Gasteiger partial charge >= 0.3 is 0 Å². The average Bonchev–Trinajstić information content (AvgIpc) is 2.30. The van der Waals surface area contributed by atoms with E-state index in [9.17, 15) is 0 Å². The molecule has 0 heterocycles. The zero-order valence-electron chi connectivity index (χ0n) is 9.74. The van der Waals surface area contributed by atoms with E-state index in [1.54, 1.807) is 0 Å². The van der Waals surface area contributed by atoms with Crippen LogP contribution < -0.4 is 11.2 Å². The summed E-state index contributed by atoms with van der Waals surface area (Å²) in [4.78, 5) is 0. The van der Waals surface area contributed by atoms with E-state index >= 15 is 0 Å². The maximum Gasteiger partial charge on any atom is 0.184 e. The molecule has 0 aliphatic carbocycles. The molecule has 0 aromatic heterocycles. The second-order valence-corrected chi connectivity index (χ2v) is 4.51. The molecule has 0 saturated carbocycles. The number of hydrogen-bond donors (Lipinski definition) is 2. The molecule has 3 nitrogen and oxygen atoms in total. The first-order valence-corrected chi connectivity index (χ1v) is 6.32. The summed E-state index contributed by atoms with van der Waals surface area (Å²) >= 11 is 10.4. The van der Waals surface area contributed by atoms with Crippen LogP contribution in [-0.4, -0.2) is 16.7 Å². The lowest BCUT2D eigenvalue weighted by atomic mass is 10.0. The van der Waals surface area contributed by atoms with Crippen molar-refractivity contribution < 1.29 is 0 Å². The SMILES string of the molecule is Cc1ccc(C(CCCCl)=NNC(N)=S)cc1. The Bertz CT molecular complexity index is 401. The van der Waals surface area contributed by atoms with Gasteiger partial charge in [-0.2, -0.15) is 5.10 Å². The molecule has 1 aromatic carbocycles. The molecule has 17 heavy (non-hydrogen) atoms. The van der Waals surface area contributed by atoms with Gasteiger partial charge in [0.1, 0.15) is 0 Å². The number of rotatable bonds is 5. The van der Waals surface area contributed by atoms with E-state index in [1.807, 2.05) is 31.2 Å². The van der Waals surface area contributed by atoms with E-state index < -0.39 is 0 Å². The van der Waals surface area contributed by atoms with Gasteiger partial charge in [-0.15, -0.1) is 11.6 Å². The second kappa shape index (κ2) is 7.25. The zero-order valence-corrected chi connectivity index (χ0v) is 11.3. The Hall–Kier alpha value is -1.13. The molecule has 1 aromatic rings. The van der Waals surface area contributed by atoms with Gasteiger partial charge in [-0.1, -0.05) is 29.8 Å². The number of aryl methyl sites for hydroxylation is 1. The molecule has 0 fully saturated rings. The minimum atomic E-state index is 0.167. The van der Waals surface area contributed by atoms with Crippen LogP contribution in [0.3, 0.4) is 0 Å². The van der Waals surface area contributed by atoms with Crippen LogP contribution in [0.2, 0.25) is 0 Å². The number of nitrogens with zero attached hydrogens (tertiary/aromatic N) is 1. The van der Waals surface area contributed by atoms with Crippen LogP contribution in [0.15, 0.2) is 29.4 Å². The van der Waals surface area contributed by atoms with E-state index in [0.717, 1.165) is 24.1 Å². The molecule has 5 heteroatoms. The summed E-state index contributed by atoms with van der Waals surface area (Å²) in [6.45, 7) is 2.05. The van der Waals surface area contributed by atoms with Gasteiger partial charge in [-0.3, -0.25) is 5.43 Å². The van der Waals surface area contributed by atoms with Crippen LogP contribution in [0.5, 0.6) is 0 Å². The van der Waals surface area contributed by atoms with Crippen LogP contribution in [0.25, 0.3) is 0 Å². The fourth-order valence-corrected chi connectivity index (χ4v) is 1.55. The van der Waals surface area contributed by atoms with Crippen molar-refractivity contribution in [3.05, 3.63) is 35.4 Å². The summed E-state index contributed by atoms with van der Waals surface area (Å²) in [5, 5.41) is 4.37. The number of nitrogens with two attached hydrogens (primary N) is 1. The molecular weight excluding hydrogens is 254 g/mol.